The SMILES string of the molecule is C=Nc1c(O)c(C(=O)Nc2ccc(C)cc2C)cc2ccccc12. The minimum absolute atomic E-state index is 0.161. The van der Waals surface area contributed by atoms with Crippen molar-refractivity contribution in [1.29, 1.82) is 0 Å². The maximum Gasteiger partial charge on any atom is 0.259 e. The van der Waals surface area contributed by atoms with Crippen LogP contribution < -0.4 is 5.32 Å². The number of nitrogens with one attached hydrogen (secondary N) is 1. The Morgan fingerprint density at radius 1 is 1.12 bits per heavy atom. The summed E-state index contributed by atoms with van der Waals surface area (Å²) in [5, 5.41) is 14.9. The van der Waals surface area contributed by atoms with Gasteiger partial charge in [-0.15, -0.1) is 0 Å². The van der Waals surface area contributed by atoms with Crippen LogP contribution in [0.4, 0.5) is 11.4 Å². The fraction of sp³-hybridized carbons (Fsp3) is 0.100. The number of aryl methyl sites for hydroxylation is 2. The molecule has 0 fully saturated rings. The molecule has 3 aromatic rings. The summed E-state index contributed by atoms with van der Waals surface area (Å²) >= 11 is 0. The van der Waals surface area contributed by atoms with Crippen LogP contribution >= 0.6 is 0 Å². The Labute approximate surface area is 140 Å². The van der Waals surface area contributed by atoms with E-state index in [1.165, 1.54) is 0 Å². The molecule has 1 amide bonds. The highest BCUT2D eigenvalue weighted by Crippen LogP contribution is 2.38. The highest BCUT2D eigenvalue weighted by molar-refractivity contribution is 6.12. The van der Waals surface area contributed by atoms with Crippen molar-refractivity contribution in [2.24, 2.45) is 4.99 Å². The highest BCUT2D eigenvalue weighted by atomic mass is 16.3. The quantitative estimate of drug-likeness (QED) is 0.685. The summed E-state index contributed by atoms with van der Waals surface area (Å²) in [6.45, 7) is 7.43. The van der Waals surface area contributed by atoms with E-state index >= 15 is 0 Å². The largest absolute Gasteiger partial charge is 0.505 e. The third-order valence-electron chi connectivity index (χ3n) is 4.03. The smallest absolute Gasteiger partial charge is 0.259 e. The van der Waals surface area contributed by atoms with Gasteiger partial charge in [-0.3, -0.25) is 9.79 Å². The van der Waals surface area contributed by atoms with Gasteiger partial charge in [-0.05, 0) is 43.6 Å². The first-order valence-electron chi connectivity index (χ1n) is 7.61. The molecular formula is C20H18N2O2. The number of amides is 1. The van der Waals surface area contributed by atoms with Gasteiger partial charge in [-0.1, -0.05) is 42.0 Å². The molecule has 24 heavy (non-hydrogen) atoms. The summed E-state index contributed by atoms with van der Waals surface area (Å²) in [4.78, 5) is 16.5. The van der Waals surface area contributed by atoms with E-state index in [0.717, 1.165) is 21.9 Å². The summed E-state index contributed by atoms with van der Waals surface area (Å²) in [7, 11) is 0. The molecule has 2 N–H and O–H groups in total. The van der Waals surface area contributed by atoms with Crippen LogP contribution in [-0.2, 0) is 0 Å². The van der Waals surface area contributed by atoms with E-state index in [-0.39, 0.29) is 17.2 Å². The second kappa shape index (κ2) is 6.16. The van der Waals surface area contributed by atoms with Gasteiger partial charge in [0.15, 0.2) is 5.75 Å². The number of aliphatic imine (C=N–C) groups is 1. The van der Waals surface area contributed by atoms with E-state index in [0.29, 0.717) is 11.4 Å². The number of nitrogens with zero attached hydrogens (tertiary/aromatic N) is 1. The molecule has 4 nitrogen and oxygen atoms in total. The van der Waals surface area contributed by atoms with Crippen LogP contribution in [0, 0.1) is 13.8 Å². The zero-order valence-corrected chi connectivity index (χ0v) is 13.6. The van der Waals surface area contributed by atoms with Gasteiger partial charge in [0.2, 0.25) is 0 Å². The van der Waals surface area contributed by atoms with Crippen LogP contribution in [0.15, 0.2) is 53.5 Å². The second-order valence-corrected chi connectivity index (χ2v) is 5.77. The van der Waals surface area contributed by atoms with E-state index in [4.69, 9.17) is 0 Å². The number of aromatic hydroxyl groups is 1. The molecular weight excluding hydrogens is 300 g/mol. The van der Waals surface area contributed by atoms with Crippen molar-refractivity contribution in [3.63, 3.8) is 0 Å². The first-order chi connectivity index (χ1) is 11.5. The number of hydrogen-bond donors (Lipinski definition) is 2. The van der Waals surface area contributed by atoms with Crippen LogP contribution in [0.2, 0.25) is 0 Å². The van der Waals surface area contributed by atoms with Crippen molar-refractivity contribution in [2.45, 2.75) is 13.8 Å². The van der Waals surface area contributed by atoms with Crippen LogP contribution in [-0.4, -0.2) is 17.7 Å². The zero-order chi connectivity index (χ0) is 17.3. The van der Waals surface area contributed by atoms with E-state index in [1.54, 1.807) is 6.07 Å². The van der Waals surface area contributed by atoms with Crippen molar-refractivity contribution in [3.05, 3.63) is 65.2 Å². The Morgan fingerprint density at radius 2 is 1.88 bits per heavy atom. The van der Waals surface area contributed by atoms with Gasteiger partial charge in [-0.25, -0.2) is 0 Å². The maximum atomic E-state index is 12.7. The Balaban J connectivity index is 2.06. The predicted octanol–water partition coefficient (Wildman–Crippen LogP) is 4.75. The van der Waals surface area contributed by atoms with Gasteiger partial charge in [0.25, 0.3) is 5.91 Å². The molecule has 0 aliphatic carbocycles. The van der Waals surface area contributed by atoms with Gasteiger partial charge in [-0.2, -0.15) is 0 Å². The lowest BCUT2D eigenvalue weighted by molar-refractivity contribution is 0.102. The number of phenolic OH excluding ortho intramolecular Hbond substituents is 1. The summed E-state index contributed by atoms with van der Waals surface area (Å²) in [5.74, 6) is -0.541. The molecule has 3 rings (SSSR count). The van der Waals surface area contributed by atoms with Crippen molar-refractivity contribution in [1.82, 2.24) is 0 Å². The number of carbonyl (C=O) groups is 1. The molecule has 0 bridgehead atoms. The third kappa shape index (κ3) is 2.74. The minimum Gasteiger partial charge on any atom is -0.505 e. The lowest BCUT2D eigenvalue weighted by Gasteiger charge is -2.13. The van der Waals surface area contributed by atoms with Crippen LogP contribution in [0.1, 0.15) is 21.5 Å². The van der Waals surface area contributed by atoms with Crippen molar-refractivity contribution in [2.75, 3.05) is 5.32 Å². The molecule has 0 heterocycles. The van der Waals surface area contributed by atoms with Gasteiger partial charge >= 0.3 is 0 Å². The summed E-state index contributed by atoms with van der Waals surface area (Å²) < 4.78 is 0. The minimum atomic E-state index is -0.380. The van der Waals surface area contributed by atoms with Crippen LogP contribution in [0.25, 0.3) is 10.8 Å². The first-order valence-corrected chi connectivity index (χ1v) is 7.61. The van der Waals surface area contributed by atoms with Crippen molar-refractivity contribution < 1.29 is 9.90 Å². The fourth-order valence-corrected chi connectivity index (χ4v) is 2.79. The molecule has 0 aliphatic rings. The Morgan fingerprint density at radius 3 is 2.58 bits per heavy atom. The number of benzene rings is 3. The predicted molar refractivity (Wildman–Crippen MR) is 98.7 cm³/mol. The molecule has 0 atom stereocenters. The Hall–Kier alpha value is -3.14. The number of fused-ring (bicyclic) bond motifs is 1. The summed E-state index contributed by atoms with van der Waals surface area (Å²) in [6, 6.07) is 14.9. The average Bonchev–Trinajstić information content (AvgIpc) is 2.57. The lowest BCUT2D eigenvalue weighted by Crippen LogP contribution is -2.13. The number of carbonyl (C=O) groups excluding carboxylic acids is 1. The first kappa shape index (κ1) is 15.7. The molecule has 0 saturated carbocycles. The van der Waals surface area contributed by atoms with Gasteiger partial charge in [0.05, 0.1) is 5.56 Å². The van der Waals surface area contributed by atoms with Gasteiger partial charge in [0, 0.05) is 11.1 Å². The topological polar surface area (TPSA) is 61.7 Å². The normalized spacial score (nSPS) is 10.6. The average molecular weight is 318 g/mol. The van der Waals surface area contributed by atoms with Gasteiger partial charge in [0.1, 0.15) is 5.69 Å². The lowest BCUT2D eigenvalue weighted by atomic mass is 10.0. The molecule has 4 heteroatoms. The number of anilines is 1. The second-order valence-electron chi connectivity index (χ2n) is 5.77. The summed E-state index contributed by atoms with van der Waals surface area (Å²) in [6.07, 6.45) is 0. The van der Waals surface area contributed by atoms with Crippen molar-refractivity contribution in [3.8, 4) is 5.75 Å². The molecule has 3 aromatic carbocycles. The fourth-order valence-electron chi connectivity index (χ4n) is 2.79. The summed E-state index contributed by atoms with van der Waals surface area (Å²) in [5.41, 5.74) is 3.30. The van der Waals surface area contributed by atoms with Crippen LogP contribution in [0.3, 0.4) is 0 Å². The molecule has 0 radical (unpaired) electrons. The number of rotatable bonds is 3. The molecule has 0 saturated heterocycles. The van der Waals surface area contributed by atoms with Gasteiger partial charge < -0.3 is 10.4 Å². The van der Waals surface area contributed by atoms with E-state index < -0.39 is 0 Å². The Kier molecular flexibility index (Phi) is 4.04. The molecule has 0 aromatic heterocycles. The van der Waals surface area contributed by atoms with E-state index in [9.17, 15) is 9.90 Å². The van der Waals surface area contributed by atoms with E-state index in [2.05, 4.69) is 17.0 Å². The highest BCUT2D eigenvalue weighted by Gasteiger charge is 2.18. The molecule has 0 unspecified atom stereocenters. The molecule has 0 aliphatic heterocycles. The number of hydrogen-bond acceptors (Lipinski definition) is 3. The molecule has 120 valence electrons. The zero-order valence-electron chi connectivity index (χ0n) is 13.6. The third-order valence-corrected chi connectivity index (χ3v) is 4.03. The molecule has 0 spiro atoms. The Bertz CT molecular complexity index is 961. The van der Waals surface area contributed by atoms with Crippen LogP contribution in [0.5, 0.6) is 5.75 Å². The van der Waals surface area contributed by atoms with E-state index in [1.807, 2.05) is 56.3 Å². The number of phenols is 1. The monoisotopic (exact) mass is 318 g/mol. The standard InChI is InChI=1S/C20H18N2O2/c1-12-8-9-17(13(2)10-12)22-20(24)16-11-14-6-4-5-7-15(14)18(21-3)19(16)23/h4-11,23H,3H2,1-2H3,(H,22,24). The van der Waals surface area contributed by atoms with Crippen molar-refractivity contribution >= 4 is 34.8 Å². The maximum absolute atomic E-state index is 12.7.